The zero-order valence-electron chi connectivity index (χ0n) is 11.4. The number of phenolic OH excluding ortho intramolecular Hbond substituents is 3. The molecule has 0 aliphatic carbocycles. The molecule has 3 rings (SSSR count). The molecule has 0 saturated carbocycles. The van der Waals surface area contributed by atoms with E-state index in [-0.39, 0.29) is 28.8 Å². The molecule has 0 spiro atoms. The maximum atomic E-state index is 12.1. The van der Waals surface area contributed by atoms with E-state index in [1.807, 2.05) is 0 Å². The zero-order valence-corrected chi connectivity index (χ0v) is 11.4. The molecule has 1 aliphatic rings. The summed E-state index contributed by atoms with van der Waals surface area (Å²) in [6.07, 6.45) is 4.76. The number of hydrogen-bond acceptors (Lipinski definition) is 5. The summed E-state index contributed by atoms with van der Waals surface area (Å²) >= 11 is 0. The van der Waals surface area contributed by atoms with Gasteiger partial charge in [-0.3, -0.25) is 4.79 Å². The number of phenols is 3. The molecule has 110 valence electrons. The van der Waals surface area contributed by atoms with Gasteiger partial charge in [0, 0.05) is 6.07 Å². The number of benzene rings is 2. The fourth-order valence-corrected chi connectivity index (χ4v) is 2.08. The van der Waals surface area contributed by atoms with E-state index in [1.165, 1.54) is 36.4 Å². The SMILES string of the molecule is O=C1/C(=C/C=C/c2ccc(O)c(O)c2)Oc2cc(O)ccc21. The summed E-state index contributed by atoms with van der Waals surface area (Å²) < 4.78 is 5.39. The zero-order chi connectivity index (χ0) is 15.7. The Kier molecular flexibility index (Phi) is 3.31. The van der Waals surface area contributed by atoms with Crippen LogP contribution in [0.3, 0.4) is 0 Å². The number of rotatable bonds is 2. The van der Waals surface area contributed by atoms with Crippen molar-refractivity contribution >= 4 is 11.9 Å². The minimum Gasteiger partial charge on any atom is -0.508 e. The predicted octanol–water partition coefficient (Wildman–Crippen LogP) is 2.98. The summed E-state index contributed by atoms with van der Waals surface area (Å²) in [5.41, 5.74) is 1.06. The van der Waals surface area contributed by atoms with Crippen LogP contribution in [0.1, 0.15) is 15.9 Å². The predicted molar refractivity (Wildman–Crippen MR) is 80.0 cm³/mol. The molecule has 1 heterocycles. The van der Waals surface area contributed by atoms with Gasteiger partial charge in [-0.1, -0.05) is 18.2 Å². The van der Waals surface area contributed by atoms with E-state index in [2.05, 4.69) is 0 Å². The number of fused-ring (bicyclic) bond motifs is 1. The molecule has 0 radical (unpaired) electrons. The highest BCUT2D eigenvalue weighted by Crippen LogP contribution is 2.33. The molecule has 0 aromatic heterocycles. The highest BCUT2D eigenvalue weighted by Gasteiger charge is 2.26. The number of carbonyl (C=O) groups excluding carboxylic acids is 1. The largest absolute Gasteiger partial charge is 0.508 e. The summed E-state index contributed by atoms with van der Waals surface area (Å²) in [5, 5.41) is 28.0. The molecule has 0 fully saturated rings. The van der Waals surface area contributed by atoms with Gasteiger partial charge in [-0.15, -0.1) is 0 Å². The lowest BCUT2D eigenvalue weighted by atomic mass is 10.1. The van der Waals surface area contributed by atoms with Gasteiger partial charge in [0.05, 0.1) is 5.56 Å². The van der Waals surface area contributed by atoms with Crippen molar-refractivity contribution in [1.29, 1.82) is 0 Å². The number of ketones is 1. The van der Waals surface area contributed by atoms with E-state index >= 15 is 0 Å². The number of aromatic hydroxyl groups is 3. The maximum Gasteiger partial charge on any atom is 0.231 e. The molecule has 22 heavy (non-hydrogen) atoms. The van der Waals surface area contributed by atoms with Crippen LogP contribution < -0.4 is 4.74 Å². The van der Waals surface area contributed by atoms with Crippen LogP contribution in [0.5, 0.6) is 23.0 Å². The summed E-state index contributed by atoms with van der Waals surface area (Å²) in [7, 11) is 0. The Bertz CT molecular complexity index is 818. The first kappa shape index (κ1) is 13.8. The Morgan fingerprint density at radius 2 is 1.77 bits per heavy atom. The lowest BCUT2D eigenvalue weighted by molar-refractivity contribution is 0.101. The maximum absolute atomic E-state index is 12.1. The summed E-state index contributed by atoms with van der Waals surface area (Å²) in [6.45, 7) is 0. The molecule has 5 heteroatoms. The average Bonchev–Trinajstić information content (AvgIpc) is 2.79. The fraction of sp³-hybridized carbons (Fsp3) is 0. The van der Waals surface area contributed by atoms with Crippen molar-refractivity contribution < 1.29 is 24.9 Å². The molecule has 2 aromatic rings. The quantitative estimate of drug-likeness (QED) is 0.586. The van der Waals surface area contributed by atoms with Gasteiger partial charge in [0.2, 0.25) is 5.78 Å². The highest BCUT2D eigenvalue weighted by molar-refractivity contribution is 6.12. The van der Waals surface area contributed by atoms with Gasteiger partial charge in [0.25, 0.3) is 0 Å². The standard InChI is InChI=1S/C17H12O5/c18-11-5-6-12-16(9-11)22-15(17(12)21)3-1-2-10-4-7-13(19)14(20)8-10/h1-9,18-20H/b2-1+,15-3-. The number of hydrogen-bond donors (Lipinski definition) is 3. The van der Waals surface area contributed by atoms with Crippen LogP contribution in [0.25, 0.3) is 6.08 Å². The van der Waals surface area contributed by atoms with Gasteiger partial charge in [-0.2, -0.15) is 0 Å². The average molecular weight is 296 g/mol. The second-order valence-electron chi connectivity index (χ2n) is 4.75. The monoisotopic (exact) mass is 296 g/mol. The Balaban J connectivity index is 1.81. The Hall–Kier alpha value is -3.21. The van der Waals surface area contributed by atoms with Crippen molar-refractivity contribution in [3.63, 3.8) is 0 Å². The van der Waals surface area contributed by atoms with E-state index in [9.17, 15) is 20.1 Å². The van der Waals surface area contributed by atoms with E-state index < -0.39 is 0 Å². The van der Waals surface area contributed by atoms with Crippen molar-refractivity contribution in [1.82, 2.24) is 0 Å². The second-order valence-corrected chi connectivity index (χ2v) is 4.75. The molecular weight excluding hydrogens is 284 g/mol. The van der Waals surface area contributed by atoms with Gasteiger partial charge >= 0.3 is 0 Å². The Labute approximate surface area is 126 Å². The number of Topliss-reactive ketones (excluding diaryl/α,β-unsaturated/α-hetero) is 1. The fourth-order valence-electron chi connectivity index (χ4n) is 2.08. The minimum atomic E-state index is -0.256. The topological polar surface area (TPSA) is 87.0 Å². The number of ether oxygens (including phenoxy) is 1. The van der Waals surface area contributed by atoms with E-state index in [4.69, 9.17) is 4.74 Å². The smallest absolute Gasteiger partial charge is 0.231 e. The number of allylic oxidation sites excluding steroid dienone is 3. The van der Waals surface area contributed by atoms with Crippen LogP contribution in [0, 0.1) is 0 Å². The van der Waals surface area contributed by atoms with Gasteiger partial charge < -0.3 is 20.1 Å². The normalized spacial score (nSPS) is 15.3. The molecular formula is C17H12O5. The molecule has 0 unspecified atom stereocenters. The van der Waals surface area contributed by atoms with Crippen molar-refractivity contribution in [2.75, 3.05) is 0 Å². The Morgan fingerprint density at radius 3 is 2.55 bits per heavy atom. The minimum absolute atomic E-state index is 0.0305. The molecule has 5 nitrogen and oxygen atoms in total. The molecule has 0 atom stereocenters. The van der Waals surface area contributed by atoms with Crippen LogP contribution >= 0.6 is 0 Å². The van der Waals surface area contributed by atoms with Crippen LogP contribution in [0.4, 0.5) is 0 Å². The molecule has 2 aromatic carbocycles. The van der Waals surface area contributed by atoms with Crippen molar-refractivity contribution in [2.45, 2.75) is 0 Å². The first-order valence-electron chi connectivity index (χ1n) is 6.50. The first-order chi connectivity index (χ1) is 10.5. The van der Waals surface area contributed by atoms with Crippen LogP contribution in [-0.4, -0.2) is 21.1 Å². The first-order valence-corrected chi connectivity index (χ1v) is 6.50. The molecule has 3 N–H and O–H groups in total. The van der Waals surface area contributed by atoms with Crippen molar-refractivity contribution in [3.05, 3.63) is 65.4 Å². The van der Waals surface area contributed by atoms with Gasteiger partial charge in [-0.25, -0.2) is 0 Å². The number of carbonyl (C=O) groups is 1. The second kappa shape index (κ2) is 5.29. The molecule has 1 aliphatic heterocycles. The third kappa shape index (κ3) is 2.52. The highest BCUT2D eigenvalue weighted by atomic mass is 16.5. The lowest BCUT2D eigenvalue weighted by Crippen LogP contribution is -1.97. The molecule has 0 amide bonds. The van der Waals surface area contributed by atoms with Gasteiger partial charge in [0.15, 0.2) is 17.3 Å². The van der Waals surface area contributed by atoms with Crippen LogP contribution in [0.15, 0.2) is 54.3 Å². The Morgan fingerprint density at radius 1 is 0.955 bits per heavy atom. The summed E-state index contributed by atoms with van der Waals surface area (Å²) in [6, 6.07) is 8.71. The summed E-state index contributed by atoms with van der Waals surface area (Å²) in [5.74, 6) is -0.158. The van der Waals surface area contributed by atoms with Gasteiger partial charge in [-0.05, 0) is 35.9 Å². The van der Waals surface area contributed by atoms with Crippen molar-refractivity contribution in [2.24, 2.45) is 0 Å². The van der Waals surface area contributed by atoms with Crippen molar-refractivity contribution in [3.8, 4) is 23.0 Å². The van der Waals surface area contributed by atoms with Crippen LogP contribution in [-0.2, 0) is 0 Å². The van der Waals surface area contributed by atoms with E-state index in [1.54, 1.807) is 18.2 Å². The van der Waals surface area contributed by atoms with E-state index in [0.29, 0.717) is 16.9 Å². The summed E-state index contributed by atoms with van der Waals surface area (Å²) in [4.78, 5) is 12.1. The molecule has 0 bridgehead atoms. The van der Waals surface area contributed by atoms with Crippen LogP contribution in [0.2, 0.25) is 0 Å². The third-order valence-corrected chi connectivity index (χ3v) is 3.19. The third-order valence-electron chi connectivity index (χ3n) is 3.19. The van der Waals surface area contributed by atoms with Gasteiger partial charge in [0.1, 0.15) is 11.5 Å². The molecule has 0 saturated heterocycles. The lowest BCUT2D eigenvalue weighted by Gasteiger charge is -1.98. The van der Waals surface area contributed by atoms with E-state index in [0.717, 1.165) is 0 Å².